The standard InChI is InChI=1S/C17H19N3O4/c21-6-7-22-17-10-18-9-16(19-17)20-5-1-2-13(20)12-3-4-14-15(8-12)24-11-23-14/h3-4,8-10,13,21H,1-2,5-7,11H2. The Kier molecular flexibility index (Phi) is 4.08. The van der Waals surface area contributed by atoms with Crippen molar-refractivity contribution in [3.8, 4) is 17.4 Å². The van der Waals surface area contributed by atoms with Gasteiger partial charge in [0.2, 0.25) is 12.7 Å². The van der Waals surface area contributed by atoms with E-state index in [1.54, 1.807) is 12.4 Å². The topological polar surface area (TPSA) is 76.9 Å². The number of hydrogen-bond acceptors (Lipinski definition) is 7. The van der Waals surface area contributed by atoms with Crippen molar-refractivity contribution in [1.82, 2.24) is 9.97 Å². The highest BCUT2D eigenvalue weighted by Gasteiger charge is 2.29. The normalized spacial score (nSPS) is 18.9. The van der Waals surface area contributed by atoms with Gasteiger partial charge in [-0.1, -0.05) is 6.07 Å². The number of aliphatic hydroxyl groups is 1. The fourth-order valence-corrected chi connectivity index (χ4v) is 3.20. The van der Waals surface area contributed by atoms with Gasteiger partial charge in [-0.25, -0.2) is 0 Å². The van der Waals surface area contributed by atoms with Crippen LogP contribution in [0, 0.1) is 0 Å². The molecule has 1 atom stereocenters. The van der Waals surface area contributed by atoms with Gasteiger partial charge in [0.1, 0.15) is 6.61 Å². The Labute approximate surface area is 139 Å². The summed E-state index contributed by atoms with van der Waals surface area (Å²) in [6.45, 7) is 1.36. The van der Waals surface area contributed by atoms with Gasteiger partial charge in [0, 0.05) is 6.54 Å². The van der Waals surface area contributed by atoms with E-state index in [-0.39, 0.29) is 26.0 Å². The molecule has 0 amide bonds. The maximum absolute atomic E-state index is 8.87. The molecule has 0 spiro atoms. The molecular formula is C17H19N3O4. The molecule has 1 aromatic carbocycles. The van der Waals surface area contributed by atoms with E-state index in [0.717, 1.165) is 36.7 Å². The zero-order valence-electron chi connectivity index (χ0n) is 13.2. The lowest BCUT2D eigenvalue weighted by molar-refractivity contribution is 0.174. The van der Waals surface area contributed by atoms with Crippen LogP contribution in [-0.4, -0.2) is 41.6 Å². The number of nitrogens with zero attached hydrogens (tertiary/aromatic N) is 3. The van der Waals surface area contributed by atoms with Gasteiger partial charge >= 0.3 is 0 Å². The van der Waals surface area contributed by atoms with E-state index in [9.17, 15) is 0 Å². The van der Waals surface area contributed by atoms with Gasteiger partial charge in [0.05, 0.1) is 25.0 Å². The van der Waals surface area contributed by atoms with Gasteiger partial charge in [-0.15, -0.1) is 0 Å². The van der Waals surface area contributed by atoms with E-state index in [2.05, 4.69) is 20.9 Å². The maximum atomic E-state index is 8.87. The first-order valence-electron chi connectivity index (χ1n) is 8.07. The molecule has 1 aromatic heterocycles. The van der Waals surface area contributed by atoms with Gasteiger partial charge in [-0.2, -0.15) is 4.98 Å². The summed E-state index contributed by atoms with van der Waals surface area (Å²) < 4.78 is 16.2. The molecule has 3 heterocycles. The highest BCUT2D eigenvalue weighted by Crippen LogP contribution is 2.40. The Balaban J connectivity index is 1.58. The summed E-state index contributed by atoms with van der Waals surface area (Å²) >= 11 is 0. The second-order valence-electron chi connectivity index (χ2n) is 5.75. The van der Waals surface area contributed by atoms with Crippen LogP contribution in [0.25, 0.3) is 0 Å². The van der Waals surface area contributed by atoms with Crippen molar-refractivity contribution in [1.29, 1.82) is 0 Å². The summed E-state index contributed by atoms with van der Waals surface area (Å²) in [4.78, 5) is 11.0. The van der Waals surface area contributed by atoms with Gasteiger partial charge in [0.25, 0.3) is 0 Å². The average Bonchev–Trinajstić information content (AvgIpc) is 3.28. The second kappa shape index (κ2) is 6.52. The molecule has 0 bridgehead atoms. The second-order valence-corrected chi connectivity index (χ2v) is 5.75. The minimum Gasteiger partial charge on any atom is -0.474 e. The predicted octanol–water partition coefficient (Wildman–Crippen LogP) is 1.92. The van der Waals surface area contributed by atoms with Crippen LogP contribution in [0.5, 0.6) is 17.4 Å². The monoisotopic (exact) mass is 329 g/mol. The zero-order valence-corrected chi connectivity index (χ0v) is 13.2. The van der Waals surface area contributed by atoms with Gasteiger partial charge in [0.15, 0.2) is 17.3 Å². The van der Waals surface area contributed by atoms with Crippen molar-refractivity contribution < 1.29 is 19.3 Å². The van der Waals surface area contributed by atoms with E-state index in [0.29, 0.717) is 5.88 Å². The van der Waals surface area contributed by atoms with Crippen LogP contribution in [0.2, 0.25) is 0 Å². The zero-order chi connectivity index (χ0) is 16.4. The molecule has 0 radical (unpaired) electrons. The average molecular weight is 329 g/mol. The fraction of sp³-hybridized carbons (Fsp3) is 0.412. The quantitative estimate of drug-likeness (QED) is 0.898. The van der Waals surface area contributed by atoms with E-state index in [1.165, 1.54) is 5.56 Å². The fourth-order valence-electron chi connectivity index (χ4n) is 3.20. The Morgan fingerprint density at radius 1 is 1.25 bits per heavy atom. The number of fused-ring (bicyclic) bond motifs is 1. The molecule has 1 fully saturated rings. The predicted molar refractivity (Wildman–Crippen MR) is 86.5 cm³/mol. The summed E-state index contributed by atoms with van der Waals surface area (Å²) in [5, 5.41) is 8.87. The highest BCUT2D eigenvalue weighted by atomic mass is 16.7. The van der Waals surface area contributed by atoms with E-state index in [1.807, 2.05) is 12.1 Å². The van der Waals surface area contributed by atoms with E-state index < -0.39 is 0 Å². The van der Waals surface area contributed by atoms with Crippen LogP contribution in [0.3, 0.4) is 0 Å². The number of anilines is 1. The molecule has 4 rings (SSSR count). The third kappa shape index (κ3) is 2.82. The first-order valence-corrected chi connectivity index (χ1v) is 8.07. The lowest BCUT2D eigenvalue weighted by Gasteiger charge is -2.26. The van der Waals surface area contributed by atoms with Crippen LogP contribution in [0.1, 0.15) is 24.4 Å². The molecule has 1 saturated heterocycles. The smallest absolute Gasteiger partial charge is 0.234 e. The van der Waals surface area contributed by atoms with Crippen molar-refractivity contribution in [3.05, 3.63) is 36.2 Å². The molecular weight excluding hydrogens is 310 g/mol. The van der Waals surface area contributed by atoms with Crippen LogP contribution in [-0.2, 0) is 0 Å². The Morgan fingerprint density at radius 3 is 3.08 bits per heavy atom. The Morgan fingerprint density at radius 2 is 2.17 bits per heavy atom. The molecule has 7 heteroatoms. The lowest BCUT2D eigenvalue weighted by atomic mass is 10.0. The molecule has 24 heavy (non-hydrogen) atoms. The highest BCUT2D eigenvalue weighted by molar-refractivity contribution is 5.49. The maximum Gasteiger partial charge on any atom is 0.234 e. The van der Waals surface area contributed by atoms with Crippen molar-refractivity contribution >= 4 is 5.82 Å². The van der Waals surface area contributed by atoms with E-state index >= 15 is 0 Å². The molecule has 1 unspecified atom stereocenters. The molecule has 2 aliphatic rings. The number of hydrogen-bond donors (Lipinski definition) is 1. The molecule has 1 N–H and O–H groups in total. The minimum atomic E-state index is -0.0462. The number of ether oxygens (including phenoxy) is 3. The number of aliphatic hydroxyl groups excluding tert-OH is 1. The third-order valence-corrected chi connectivity index (χ3v) is 4.27. The first-order chi connectivity index (χ1) is 11.8. The minimum absolute atomic E-state index is 0.0462. The third-order valence-electron chi connectivity index (χ3n) is 4.27. The van der Waals surface area contributed by atoms with Gasteiger partial charge in [-0.3, -0.25) is 4.98 Å². The van der Waals surface area contributed by atoms with E-state index in [4.69, 9.17) is 19.3 Å². The van der Waals surface area contributed by atoms with Crippen molar-refractivity contribution in [2.24, 2.45) is 0 Å². The van der Waals surface area contributed by atoms with Crippen LogP contribution in [0.15, 0.2) is 30.6 Å². The SMILES string of the molecule is OCCOc1cncc(N2CCCC2c2ccc3c(c2)OCO3)n1. The molecule has 2 aromatic rings. The molecule has 0 aliphatic carbocycles. The van der Waals surface area contributed by atoms with Crippen LogP contribution < -0.4 is 19.1 Å². The summed E-state index contributed by atoms with van der Waals surface area (Å²) in [5.41, 5.74) is 1.18. The number of aromatic nitrogens is 2. The summed E-state index contributed by atoms with van der Waals surface area (Å²) in [5.74, 6) is 2.80. The van der Waals surface area contributed by atoms with Crippen LogP contribution >= 0.6 is 0 Å². The summed E-state index contributed by atoms with van der Waals surface area (Å²) in [7, 11) is 0. The number of benzene rings is 1. The Hall–Kier alpha value is -2.54. The first kappa shape index (κ1) is 15.0. The van der Waals surface area contributed by atoms with Crippen molar-refractivity contribution in [3.63, 3.8) is 0 Å². The molecule has 0 saturated carbocycles. The van der Waals surface area contributed by atoms with Crippen molar-refractivity contribution in [2.75, 3.05) is 31.5 Å². The Bertz CT molecular complexity index is 725. The molecule has 7 nitrogen and oxygen atoms in total. The molecule has 2 aliphatic heterocycles. The van der Waals surface area contributed by atoms with Gasteiger partial charge < -0.3 is 24.2 Å². The number of rotatable bonds is 5. The van der Waals surface area contributed by atoms with Gasteiger partial charge in [-0.05, 0) is 30.5 Å². The lowest BCUT2D eigenvalue weighted by Crippen LogP contribution is -2.24. The van der Waals surface area contributed by atoms with Crippen molar-refractivity contribution in [2.45, 2.75) is 18.9 Å². The summed E-state index contributed by atoms with van der Waals surface area (Å²) in [6.07, 6.45) is 5.44. The molecule has 126 valence electrons. The van der Waals surface area contributed by atoms with Crippen LogP contribution in [0.4, 0.5) is 5.82 Å². The summed E-state index contributed by atoms with van der Waals surface area (Å²) in [6, 6.07) is 6.31. The largest absolute Gasteiger partial charge is 0.474 e.